The first kappa shape index (κ1) is 40.0. The van der Waals surface area contributed by atoms with E-state index in [-0.39, 0.29) is 10.8 Å². The van der Waals surface area contributed by atoms with Gasteiger partial charge in [-0.3, -0.25) is 4.57 Å². The lowest BCUT2D eigenvalue weighted by molar-refractivity contribution is 0.660. The summed E-state index contributed by atoms with van der Waals surface area (Å²) in [6.07, 6.45) is 0. The Kier molecular flexibility index (Phi) is 8.88. The van der Waals surface area contributed by atoms with Crippen molar-refractivity contribution in [3.8, 4) is 61.7 Å². The first-order chi connectivity index (χ1) is 33.3. The van der Waals surface area contributed by atoms with E-state index < -0.39 is 0 Å². The van der Waals surface area contributed by atoms with Gasteiger partial charge in [0.25, 0.3) is 0 Å². The molecule has 11 aromatic rings. The number of nitrogens with zero attached hydrogens (tertiary/aromatic N) is 4. The van der Waals surface area contributed by atoms with E-state index >= 15 is 0 Å². The molecule has 0 spiro atoms. The van der Waals surface area contributed by atoms with Crippen LogP contribution in [0.3, 0.4) is 0 Å². The fourth-order valence-corrected chi connectivity index (χ4v) is 11.5. The topological polar surface area (TPSA) is 34.0 Å². The third kappa shape index (κ3) is 5.93. The molecule has 0 amide bonds. The van der Waals surface area contributed by atoms with Crippen molar-refractivity contribution in [3.63, 3.8) is 0 Å². The van der Waals surface area contributed by atoms with E-state index in [0.29, 0.717) is 5.82 Å². The van der Waals surface area contributed by atoms with Gasteiger partial charge < -0.3 is 4.90 Å². The molecule has 0 atom stereocenters. The SMILES string of the molecule is CC1(C)c2ccccc2-c2c(N(c3ccc(-c4ccc5c(c4)c4c(-c6ccccc6)nc(-c6ccccc6)nc4n5-c4ccccc4)cc3)c3cccc4c3-c3ccccc3C4(C)C)cccc21. The minimum absolute atomic E-state index is 0.137. The molecule has 2 aromatic heterocycles. The van der Waals surface area contributed by atoms with Gasteiger partial charge in [0.05, 0.1) is 28.0 Å². The summed E-state index contributed by atoms with van der Waals surface area (Å²) < 4.78 is 2.30. The Morgan fingerprint density at radius 1 is 0.412 bits per heavy atom. The second kappa shape index (κ2) is 15.1. The molecule has 68 heavy (non-hydrogen) atoms. The Morgan fingerprint density at radius 2 is 0.912 bits per heavy atom. The summed E-state index contributed by atoms with van der Waals surface area (Å²) in [6, 6.07) is 79.3. The molecule has 4 nitrogen and oxygen atoms in total. The van der Waals surface area contributed by atoms with Gasteiger partial charge in [-0.2, -0.15) is 0 Å². The molecule has 2 aliphatic rings. The van der Waals surface area contributed by atoms with Gasteiger partial charge in [-0.05, 0) is 93.0 Å². The average molecular weight is 873 g/mol. The number of aromatic nitrogens is 3. The third-order valence-corrected chi connectivity index (χ3v) is 14.8. The molecular formula is C64H48N4. The summed E-state index contributed by atoms with van der Waals surface area (Å²) >= 11 is 0. The van der Waals surface area contributed by atoms with Crippen LogP contribution in [0.15, 0.2) is 218 Å². The summed E-state index contributed by atoms with van der Waals surface area (Å²) in [7, 11) is 0. The average Bonchev–Trinajstić information content (AvgIpc) is 3.94. The summed E-state index contributed by atoms with van der Waals surface area (Å²) in [5.74, 6) is 0.699. The fourth-order valence-electron chi connectivity index (χ4n) is 11.5. The van der Waals surface area contributed by atoms with Gasteiger partial charge in [0.15, 0.2) is 5.82 Å². The largest absolute Gasteiger partial charge is 0.309 e. The van der Waals surface area contributed by atoms with Crippen molar-refractivity contribution in [2.24, 2.45) is 0 Å². The van der Waals surface area contributed by atoms with Crippen molar-refractivity contribution in [3.05, 3.63) is 241 Å². The highest BCUT2D eigenvalue weighted by atomic mass is 15.1. The van der Waals surface area contributed by atoms with Crippen LogP contribution in [0.1, 0.15) is 49.9 Å². The predicted molar refractivity (Wildman–Crippen MR) is 282 cm³/mol. The third-order valence-electron chi connectivity index (χ3n) is 14.8. The smallest absolute Gasteiger partial charge is 0.162 e. The highest BCUT2D eigenvalue weighted by Gasteiger charge is 2.40. The molecule has 0 radical (unpaired) electrons. The number of hydrogen-bond acceptors (Lipinski definition) is 3. The van der Waals surface area contributed by atoms with Crippen molar-refractivity contribution in [2.75, 3.05) is 4.90 Å². The van der Waals surface area contributed by atoms with Crippen LogP contribution in [0.2, 0.25) is 0 Å². The van der Waals surface area contributed by atoms with Crippen molar-refractivity contribution < 1.29 is 0 Å². The van der Waals surface area contributed by atoms with Crippen LogP contribution in [0.5, 0.6) is 0 Å². The maximum Gasteiger partial charge on any atom is 0.162 e. The lowest BCUT2D eigenvalue weighted by Gasteiger charge is -2.31. The first-order valence-electron chi connectivity index (χ1n) is 23.7. The van der Waals surface area contributed by atoms with Crippen LogP contribution in [0, 0.1) is 0 Å². The summed E-state index contributed by atoms with van der Waals surface area (Å²) in [6.45, 7) is 9.46. The van der Waals surface area contributed by atoms with Gasteiger partial charge in [0.1, 0.15) is 5.65 Å². The van der Waals surface area contributed by atoms with Gasteiger partial charge >= 0.3 is 0 Å². The maximum absolute atomic E-state index is 5.38. The summed E-state index contributed by atoms with van der Waals surface area (Å²) in [5, 5.41) is 2.13. The molecule has 4 heteroatoms. The molecule has 13 rings (SSSR count). The summed E-state index contributed by atoms with van der Waals surface area (Å²) in [5.41, 5.74) is 22.0. The number of hydrogen-bond donors (Lipinski definition) is 0. The molecule has 0 unspecified atom stereocenters. The standard InChI is InChI=1S/C64H48N4/c1-63(2)50-28-16-14-26-47(50)57-52(63)30-18-32-55(57)67(56-33-19-31-53-58(56)48-27-15-17-29-51(48)64(53,3)4)46-37-34-41(35-38-46)44-36-39-54-49(40-44)59-60(42-20-8-5-9-21-42)65-61(43-22-10-6-11-23-43)66-62(59)68(54)45-24-12-7-13-25-45/h5-40H,1-4H3. The lowest BCUT2D eigenvalue weighted by Crippen LogP contribution is -2.17. The quantitative estimate of drug-likeness (QED) is 0.160. The van der Waals surface area contributed by atoms with Crippen molar-refractivity contribution >= 4 is 39.0 Å². The molecule has 0 bridgehead atoms. The zero-order valence-corrected chi connectivity index (χ0v) is 38.6. The Labute approximate surface area is 397 Å². The van der Waals surface area contributed by atoms with Gasteiger partial charge in [0.2, 0.25) is 0 Å². The van der Waals surface area contributed by atoms with E-state index in [4.69, 9.17) is 9.97 Å². The van der Waals surface area contributed by atoms with E-state index in [0.717, 1.165) is 61.3 Å². The van der Waals surface area contributed by atoms with Crippen LogP contribution >= 0.6 is 0 Å². The fraction of sp³-hybridized carbons (Fsp3) is 0.0938. The number of anilines is 3. The van der Waals surface area contributed by atoms with Crippen LogP contribution < -0.4 is 4.90 Å². The van der Waals surface area contributed by atoms with E-state index in [9.17, 15) is 0 Å². The Morgan fingerprint density at radius 3 is 1.50 bits per heavy atom. The Balaban J connectivity index is 1.02. The van der Waals surface area contributed by atoms with Gasteiger partial charge in [-0.15, -0.1) is 0 Å². The molecule has 2 aliphatic carbocycles. The molecule has 0 fully saturated rings. The van der Waals surface area contributed by atoms with Crippen LogP contribution in [0.4, 0.5) is 17.1 Å². The number of benzene rings is 9. The van der Waals surface area contributed by atoms with E-state index in [1.807, 2.05) is 18.2 Å². The van der Waals surface area contributed by atoms with E-state index in [1.54, 1.807) is 0 Å². The van der Waals surface area contributed by atoms with Gasteiger partial charge in [0, 0.05) is 49.8 Å². The number of fused-ring (bicyclic) bond motifs is 9. The monoisotopic (exact) mass is 872 g/mol. The normalized spacial score (nSPS) is 13.8. The Bertz CT molecular complexity index is 3660. The zero-order valence-electron chi connectivity index (χ0n) is 38.6. The van der Waals surface area contributed by atoms with Crippen molar-refractivity contribution in [1.82, 2.24) is 14.5 Å². The van der Waals surface area contributed by atoms with Gasteiger partial charge in [-0.1, -0.05) is 198 Å². The van der Waals surface area contributed by atoms with Crippen LogP contribution in [0.25, 0.3) is 83.6 Å². The maximum atomic E-state index is 5.38. The van der Waals surface area contributed by atoms with Crippen molar-refractivity contribution in [1.29, 1.82) is 0 Å². The molecule has 2 heterocycles. The highest BCUT2D eigenvalue weighted by molar-refractivity contribution is 6.15. The minimum atomic E-state index is -0.137. The lowest BCUT2D eigenvalue weighted by atomic mass is 9.82. The van der Waals surface area contributed by atoms with Crippen LogP contribution in [-0.4, -0.2) is 14.5 Å². The Hall–Kier alpha value is -8.34. The molecular weight excluding hydrogens is 825 g/mol. The minimum Gasteiger partial charge on any atom is -0.309 e. The van der Waals surface area contributed by atoms with Crippen LogP contribution in [-0.2, 0) is 10.8 Å². The first-order valence-corrected chi connectivity index (χ1v) is 23.7. The molecule has 0 saturated carbocycles. The predicted octanol–water partition coefficient (Wildman–Crippen LogP) is 16.7. The molecule has 9 aromatic carbocycles. The number of rotatable bonds is 7. The number of para-hydroxylation sites is 1. The van der Waals surface area contributed by atoms with Crippen molar-refractivity contribution in [2.45, 2.75) is 38.5 Å². The second-order valence-corrected chi connectivity index (χ2v) is 19.4. The van der Waals surface area contributed by atoms with E-state index in [2.05, 4.69) is 237 Å². The second-order valence-electron chi connectivity index (χ2n) is 19.4. The molecule has 0 N–H and O–H groups in total. The molecule has 324 valence electrons. The van der Waals surface area contributed by atoms with Gasteiger partial charge in [-0.25, -0.2) is 9.97 Å². The highest BCUT2D eigenvalue weighted by Crippen LogP contribution is 2.58. The van der Waals surface area contributed by atoms with E-state index in [1.165, 1.54) is 55.9 Å². The molecule has 0 aliphatic heterocycles. The summed E-state index contributed by atoms with van der Waals surface area (Å²) in [4.78, 5) is 13.3. The zero-order chi connectivity index (χ0) is 45.7. The molecule has 0 saturated heterocycles.